The molecule has 0 bridgehead atoms. The van der Waals surface area contributed by atoms with E-state index in [4.69, 9.17) is 14.2 Å². The molecule has 1 N–H and O–H groups in total. The molecule has 0 unspecified atom stereocenters. The highest BCUT2D eigenvalue weighted by Gasteiger charge is 2.18. The number of aryl methyl sites for hydroxylation is 1. The van der Waals surface area contributed by atoms with Crippen molar-refractivity contribution in [2.75, 3.05) is 27.4 Å². The number of rotatable bonds is 8. The zero-order valence-electron chi connectivity index (χ0n) is 16.5. The third kappa shape index (κ3) is 5.16. The molecule has 28 heavy (non-hydrogen) atoms. The van der Waals surface area contributed by atoms with Crippen LogP contribution in [0.15, 0.2) is 36.4 Å². The normalized spacial score (nSPS) is 10.3. The average molecular weight is 387 g/mol. The van der Waals surface area contributed by atoms with Crippen molar-refractivity contribution in [2.45, 2.75) is 20.4 Å². The van der Waals surface area contributed by atoms with Crippen molar-refractivity contribution in [3.63, 3.8) is 0 Å². The predicted octanol–water partition coefficient (Wildman–Crippen LogP) is 2.92. The highest BCUT2D eigenvalue weighted by atomic mass is 16.5. The maximum absolute atomic E-state index is 12.5. The number of carbonyl (C=O) groups excluding carboxylic acids is 2. The summed E-state index contributed by atoms with van der Waals surface area (Å²) in [5, 5.41) is 9.79. The van der Waals surface area contributed by atoms with Gasteiger partial charge in [-0.05, 0) is 43.7 Å². The molecule has 1 amide bonds. The van der Waals surface area contributed by atoms with E-state index in [9.17, 15) is 14.7 Å². The Hall–Kier alpha value is -3.22. The van der Waals surface area contributed by atoms with Crippen LogP contribution in [0.5, 0.6) is 17.2 Å². The van der Waals surface area contributed by atoms with Gasteiger partial charge in [0.1, 0.15) is 11.3 Å². The zero-order valence-corrected chi connectivity index (χ0v) is 16.5. The number of carbonyl (C=O) groups is 2. The Kier molecular flexibility index (Phi) is 7.26. The molecule has 7 heteroatoms. The zero-order chi connectivity index (χ0) is 20.7. The number of benzene rings is 2. The first-order valence-corrected chi connectivity index (χ1v) is 8.85. The van der Waals surface area contributed by atoms with E-state index in [0.717, 1.165) is 11.1 Å². The number of hydrogen-bond donors (Lipinski definition) is 1. The average Bonchev–Trinajstić information content (AvgIpc) is 2.71. The quantitative estimate of drug-likeness (QED) is 0.701. The summed E-state index contributed by atoms with van der Waals surface area (Å²) >= 11 is 0. The molecular formula is C21H25NO6. The van der Waals surface area contributed by atoms with Crippen LogP contribution in [-0.4, -0.2) is 49.3 Å². The molecule has 0 spiro atoms. The van der Waals surface area contributed by atoms with Gasteiger partial charge in [0, 0.05) is 13.1 Å². The second-order valence-electron chi connectivity index (χ2n) is 6.19. The minimum Gasteiger partial charge on any atom is -0.507 e. The molecular weight excluding hydrogens is 362 g/mol. The lowest BCUT2D eigenvalue weighted by Gasteiger charge is -2.21. The number of methoxy groups -OCH3 is 2. The molecule has 0 heterocycles. The van der Waals surface area contributed by atoms with E-state index in [1.807, 2.05) is 13.0 Å². The third-order valence-electron chi connectivity index (χ3n) is 4.25. The fourth-order valence-electron chi connectivity index (χ4n) is 2.69. The van der Waals surface area contributed by atoms with Gasteiger partial charge in [-0.25, -0.2) is 4.79 Å². The molecule has 0 aliphatic rings. The molecule has 0 fully saturated rings. The van der Waals surface area contributed by atoms with Crippen molar-refractivity contribution in [1.82, 2.24) is 4.90 Å². The summed E-state index contributed by atoms with van der Waals surface area (Å²) in [4.78, 5) is 26.2. The molecule has 0 radical (unpaired) electrons. The molecule has 2 rings (SSSR count). The molecule has 0 atom stereocenters. The Morgan fingerprint density at radius 3 is 2.39 bits per heavy atom. The molecule has 2 aromatic rings. The minimum atomic E-state index is -0.739. The van der Waals surface area contributed by atoms with Crippen LogP contribution in [0.3, 0.4) is 0 Å². The van der Waals surface area contributed by atoms with Gasteiger partial charge in [-0.1, -0.05) is 17.7 Å². The largest absolute Gasteiger partial charge is 0.507 e. The first-order chi connectivity index (χ1) is 13.4. The van der Waals surface area contributed by atoms with E-state index in [1.165, 1.54) is 12.1 Å². The number of esters is 1. The maximum atomic E-state index is 12.5. The number of ether oxygens (including phenoxy) is 3. The summed E-state index contributed by atoms with van der Waals surface area (Å²) in [6.07, 6.45) is 0. The Balaban J connectivity index is 2.01. The lowest BCUT2D eigenvalue weighted by Crippen LogP contribution is -2.34. The smallest absolute Gasteiger partial charge is 0.342 e. The van der Waals surface area contributed by atoms with E-state index in [0.29, 0.717) is 24.6 Å². The van der Waals surface area contributed by atoms with Crippen LogP contribution in [-0.2, 0) is 16.1 Å². The second kappa shape index (κ2) is 9.64. The third-order valence-corrected chi connectivity index (χ3v) is 4.25. The van der Waals surface area contributed by atoms with E-state index >= 15 is 0 Å². The van der Waals surface area contributed by atoms with E-state index in [1.54, 1.807) is 44.2 Å². The van der Waals surface area contributed by atoms with Crippen molar-refractivity contribution < 1.29 is 28.9 Å². The van der Waals surface area contributed by atoms with E-state index in [-0.39, 0.29) is 17.2 Å². The van der Waals surface area contributed by atoms with Crippen LogP contribution in [0.4, 0.5) is 0 Å². The summed E-state index contributed by atoms with van der Waals surface area (Å²) in [5.74, 6) is -0.0763. The summed E-state index contributed by atoms with van der Waals surface area (Å²) in [6, 6.07) is 10.0. The van der Waals surface area contributed by atoms with Crippen molar-refractivity contribution >= 4 is 11.9 Å². The van der Waals surface area contributed by atoms with Gasteiger partial charge in [-0.15, -0.1) is 0 Å². The number of amides is 1. The van der Waals surface area contributed by atoms with Crippen LogP contribution in [0.1, 0.15) is 28.4 Å². The van der Waals surface area contributed by atoms with Crippen LogP contribution in [0.2, 0.25) is 0 Å². The Labute approximate surface area is 164 Å². The van der Waals surface area contributed by atoms with Gasteiger partial charge >= 0.3 is 5.97 Å². The standard InChI is InChI=1S/C21H25NO6/c1-5-22(12-15-7-9-18(26-3)19(11-15)27-4)20(24)13-28-21(25)16-10-14(2)6-8-17(16)23/h6-11,23H,5,12-13H2,1-4H3. The fourth-order valence-corrected chi connectivity index (χ4v) is 2.69. The molecule has 2 aromatic carbocycles. The van der Waals surface area contributed by atoms with Crippen LogP contribution < -0.4 is 9.47 Å². The summed E-state index contributed by atoms with van der Waals surface area (Å²) in [5.41, 5.74) is 1.70. The SMILES string of the molecule is CCN(Cc1ccc(OC)c(OC)c1)C(=O)COC(=O)c1cc(C)ccc1O. The highest BCUT2D eigenvalue weighted by Crippen LogP contribution is 2.28. The van der Waals surface area contributed by atoms with Gasteiger partial charge in [0.25, 0.3) is 5.91 Å². The van der Waals surface area contributed by atoms with Gasteiger partial charge in [0.05, 0.1) is 14.2 Å². The van der Waals surface area contributed by atoms with Crippen LogP contribution in [0, 0.1) is 6.92 Å². The molecule has 0 saturated carbocycles. The van der Waals surface area contributed by atoms with E-state index < -0.39 is 12.6 Å². The lowest BCUT2D eigenvalue weighted by molar-refractivity contribution is -0.134. The minimum absolute atomic E-state index is 0.0377. The molecule has 7 nitrogen and oxygen atoms in total. The monoisotopic (exact) mass is 387 g/mol. The Morgan fingerprint density at radius 2 is 1.75 bits per heavy atom. The number of likely N-dealkylation sites (N-methyl/N-ethyl adjacent to an activating group) is 1. The van der Waals surface area contributed by atoms with Gasteiger partial charge in [-0.3, -0.25) is 4.79 Å². The topological polar surface area (TPSA) is 85.3 Å². The second-order valence-corrected chi connectivity index (χ2v) is 6.19. The van der Waals surface area contributed by atoms with Crippen molar-refractivity contribution in [3.8, 4) is 17.2 Å². The summed E-state index contributed by atoms with van der Waals surface area (Å²) in [7, 11) is 3.10. The van der Waals surface area contributed by atoms with E-state index in [2.05, 4.69) is 0 Å². The van der Waals surface area contributed by atoms with Crippen LogP contribution >= 0.6 is 0 Å². The van der Waals surface area contributed by atoms with Gasteiger partial charge in [0.2, 0.25) is 0 Å². The highest BCUT2D eigenvalue weighted by molar-refractivity contribution is 5.94. The van der Waals surface area contributed by atoms with Crippen molar-refractivity contribution in [3.05, 3.63) is 53.1 Å². The summed E-state index contributed by atoms with van der Waals surface area (Å²) < 4.78 is 15.6. The molecule has 0 saturated heterocycles. The fraction of sp³-hybridized carbons (Fsp3) is 0.333. The number of phenolic OH excluding ortho intramolecular Hbond substituents is 1. The molecule has 0 aromatic heterocycles. The summed E-state index contributed by atoms with van der Waals surface area (Å²) in [6.45, 7) is 4.01. The molecule has 150 valence electrons. The van der Waals surface area contributed by atoms with Crippen LogP contribution in [0.25, 0.3) is 0 Å². The lowest BCUT2D eigenvalue weighted by atomic mass is 10.1. The van der Waals surface area contributed by atoms with Gasteiger partial charge < -0.3 is 24.2 Å². The predicted molar refractivity (Wildman–Crippen MR) is 104 cm³/mol. The first-order valence-electron chi connectivity index (χ1n) is 8.85. The molecule has 0 aliphatic heterocycles. The van der Waals surface area contributed by atoms with Crippen molar-refractivity contribution in [1.29, 1.82) is 0 Å². The number of phenols is 1. The van der Waals surface area contributed by atoms with Gasteiger partial charge in [-0.2, -0.15) is 0 Å². The first kappa shape index (κ1) is 21.1. The number of nitrogens with zero attached hydrogens (tertiary/aromatic N) is 1. The maximum Gasteiger partial charge on any atom is 0.342 e. The molecule has 0 aliphatic carbocycles. The number of aromatic hydroxyl groups is 1. The van der Waals surface area contributed by atoms with Gasteiger partial charge in [0.15, 0.2) is 18.1 Å². The Bertz CT molecular complexity index is 849. The number of hydrogen-bond acceptors (Lipinski definition) is 6. The van der Waals surface area contributed by atoms with Crippen molar-refractivity contribution in [2.24, 2.45) is 0 Å². The Morgan fingerprint density at radius 1 is 1.04 bits per heavy atom.